The SMILES string of the molecule is Cc1ccccc1[C@H](C)NCc1nn(C)c2ccccc12. The van der Waals surface area contributed by atoms with E-state index in [4.69, 9.17) is 0 Å². The van der Waals surface area contributed by atoms with Gasteiger partial charge in [-0.1, -0.05) is 42.5 Å². The van der Waals surface area contributed by atoms with Gasteiger partial charge in [-0.2, -0.15) is 5.10 Å². The Hall–Kier alpha value is -2.13. The lowest BCUT2D eigenvalue weighted by Crippen LogP contribution is -2.19. The van der Waals surface area contributed by atoms with Crippen LogP contribution < -0.4 is 5.32 Å². The van der Waals surface area contributed by atoms with Crippen LogP contribution in [0.2, 0.25) is 0 Å². The number of hydrogen-bond acceptors (Lipinski definition) is 2. The topological polar surface area (TPSA) is 29.9 Å². The van der Waals surface area contributed by atoms with E-state index < -0.39 is 0 Å². The second kappa shape index (κ2) is 5.70. The second-order valence-corrected chi connectivity index (χ2v) is 5.55. The van der Waals surface area contributed by atoms with E-state index in [2.05, 4.69) is 72.8 Å². The smallest absolute Gasteiger partial charge is 0.0841 e. The van der Waals surface area contributed by atoms with Crippen molar-refractivity contribution in [2.24, 2.45) is 7.05 Å². The van der Waals surface area contributed by atoms with Crippen LogP contribution in [-0.2, 0) is 13.6 Å². The number of benzene rings is 2. The zero-order valence-corrected chi connectivity index (χ0v) is 12.8. The summed E-state index contributed by atoms with van der Waals surface area (Å²) in [5.41, 5.74) is 4.95. The Kier molecular flexibility index (Phi) is 3.76. The molecule has 0 aliphatic carbocycles. The van der Waals surface area contributed by atoms with Crippen molar-refractivity contribution in [3.8, 4) is 0 Å². The molecule has 3 nitrogen and oxygen atoms in total. The molecule has 3 aromatic rings. The van der Waals surface area contributed by atoms with E-state index in [9.17, 15) is 0 Å². The van der Waals surface area contributed by atoms with Gasteiger partial charge in [0, 0.05) is 25.0 Å². The summed E-state index contributed by atoms with van der Waals surface area (Å²) in [4.78, 5) is 0. The molecule has 1 heterocycles. The maximum absolute atomic E-state index is 4.63. The van der Waals surface area contributed by atoms with Crippen LogP contribution in [0.25, 0.3) is 10.9 Å². The number of para-hydroxylation sites is 1. The van der Waals surface area contributed by atoms with E-state index in [1.165, 1.54) is 22.0 Å². The molecule has 0 radical (unpaired) electrons. The molecule has 0 aliphatic heterocycles. The Morgan fingerprint density at radius 1 is 1.10 bits per heavy atom. The van der Waals surface area contributed by atoms with E-state index in [0.717, 1.165) is 12.2 Å². The number of hydrogen-bond donors (Lipinski definition) is 1. The zero-order chi connectivity index (χ0) is 14.8. The van der Waals surface area contributed by atoms with Crippen LogP contribution in [0.1, 0.15) is 29.8 Å². The fourth-order valence-electron chi connectivity index (χ4n) is 2.85. The molecule has 0 saturated heterocycles. The van der Waals surface area contributed by atoms with E-state index in [0.29, 0.717) is 6.04 Å². The van der Waals surface area contributed by atoms with Gasteiger partial charge in [0.15, 0.2) is 0 Å². The minimum Gasteiger partial charge on any atom is -0.304 e. The third-order valence-electron chi connectivity index (χ3n) is 4.06. The molecule has 1 atom stereocenters. The number of fused-ring (bicyclic) bond motifs is 1. The van der Waals surface area contributed by atoms with Gasteiger partial charge >= 0.3 is 0 Å². The molecule has 3 rings (SSSR count). The number of nitrogens with one attached hydrogen (secondary N) is 1. The molecule has 21 heavy (non-hydrogen) atoms. The molecule has 0 aliphatic rings. The maximum Gasteiger partial charge on any atom is 0.0841 e. The highest BCUT2D eigenvalue weighted by Gasteiger charge is 2.11. The highest BCUT2D eigenvalue weighted by molar-refractivity contribution is 5.81. The van der Waals surface area contributed by atoms with Crippen molar-refractivity contribution in [1.82, 2.24) is 15.1 Å². The minimum absolute atomic E-state index is 0.312. The van der Waals surface area contributed by atoms with Gasteiger partial charge in [0.2, 0.25) is 0 Å². The lowest BCUT2D eigenvalue weighted by atomic mass is 10.0. The predicted molar refractivity (Wildman–Crippen MR) is 87.1 cm³/mol. The average molecular weight is 279 g/mol. The maximum atomic E-state index is 4.63. The highest BCUT2D eigenvalue weighted by atomic mass is 15.3. The van der Waals surface area contributed by atoms with Gasteiger partial charge in [-0.15, -0.1) is 0 Å². The number of aromatic nitrogens is 2. The summed E-state index contributed by atoms with van der Waals surface area (Å²) < 4.78 is 1.95. The first kappa shape index (κ1) is 13.8. The van der Waals surface area contributed by atoms with Crippen molar-refractivity contribution in [2.75, 3.05) is 0 Å². The first-order valence-electron chi connectivity index (χ1n) is 7.36. The fraction of sp³-hybridized carbons (Fsp3) is 0.278. The van der Waals surface area contributed by atoms with Gasteiger partial charge in [-0.3, -0.25) is 4.68 Å². The molecular weight excluding hydrogens is 258 g/mol. The van der Waals surface area contributed by atoms with Gasteiger partial charge in [-0.05, 0) is 31.0 Å². The summed E-state index contributed by atoms with van der Waals surface area (Å²) in [5.74, 6) is 0. The number of rotatable bonds is 4. The Morgan fingerprint density at radius 3 is 2.62 bits per heavy atom. The first-order chi connectivity index (χ1) is 10.2. The average Bonchev–Trinajstić information content (AvgIpc) is 2.82. The van der Waals surface area contributed by atoms with Crippen LogP contribution in [0.5, 0.6) is 0 Å². The van der Waals surface area contributed by atoms with Crippen molar-refractivity contribution in [1.29, 1.82) is 0 Å². The van der Waals surface area contributed by atoms with Gasteiger partial charge < -0.3 is 5.32 Å². The van der Waals surface area contributed by atoms with Crippen molar-refractivity contribution in [3.63, 3.8) is 0 Å². The van der Waals surface area contributed by atoms with Crippen LogP contribution in [0.15, 0.2) is 48.5 Å². The largest absolute Gasteiger partial charge is 0.304 e. The van der Waals surface area contributed by atoms with Crippen LogP contribution in [-0.4, -0.2) is 9.78 Å². The van der Waals surface area contributed by atoms with Crippen LogP contribution in [0.4, 0.5) is 0 Å². The summed E-state index contributed by atoms with van der Waals surface area (Å²) in [5, 5.41) is 9.44. The molecule has 0 fully saturated rings. The number of nitrogens with zero attached hydrogens (tertiary/aromatic N) is 2. The Morgan fingerprint density at radius 2 is 1.81 bits per heavy atom. The molecule has 108 valence electrons. The van der Waals surface area contributed by atoms with Crippen LogP contribution in [0, 0.1) is 6.92 Å². The minimum atomic E-state index is 0.312. The molecule has 0 unspecified atom stereocenters. The fourth-order valence-corrected chi connectivity index (χ4v) is 2.85. The zero-order valence-electron chi connectivity index (χ0n) is 12.8. The van der Waals surface area contributed by atoms with Crippen LogP contribution in [0.3, 0.4) is 0 Å². The normalized spacial score (nSPS) is 12.7. The quantitative estimate of drug-likeness (QED) is 0.788. The second-order valence-electron chi connectivity index (χ2n) is 5.55. The predicted octanol–water partition coefficient (Wildman–Crippen LogP) is 3.73. The molecule has 0 amide bonds. The molecular formula is C18H21N3. The molecule has 0 bridgehead atoms. The van der Waals surface area contributed by atoms with E-state index in [1.807, 2.05) is 11.7 Å². The van der Waals surface area contributed by atoms with Gasteiger partial charge in [0.1, 0.15) is 0 Å². The first-order valence-corrected chi connectivity index (χ1v) is 7.36. The molecule has 0 spiro atoms. The van der Waals surface area contributed by atoms with E-state index >= 15 is 0 Å². The van der Waals surface area contributed by atoms with Crippen molar-refractivity contribution >= 4 is 10.9 Å². The molecule has 0 saturated carbocycles. The Bertz CT molecular complexity index is 758. The van der Waals surface area contributed by atoms with Crippen molar-refractivity contribution in [2.45, 2.75) is 26.4 Å². The lowest BCUT2D eigenvalue weighted by molar-refractivity contribution is 0.561. The summed E-state index contributed by atoms with van der Waals surface area (Å²) in [6.07, 6.45) is 0. The van der Waals surface area contributed by atoms with Crippen molar-refractivity contribution < 1.29 is 0 Å². The van der Waals surface area contributed by atoms with Gasteiger partial charge in [0.25, 0.3) is 0 Å². The lowest BCUT2D eigenvalue weighted by Gasteiger charge is -2.15. The summed E-state index contributed by atoms with van der Waals surface area (Å²) >= 11 is 0. The van der Waals surface area contributed by atoms with E-state index in [1.54, 1.807) is 0 Å². The summed E-state index contributed by atoms with van der Waals surface area (Å²) in [7, 11) is 2.00. The summed E-state index contributed by atoms with van der Waals surface area (Å²) in [6, 6.07) is 17.2. The molecule has 1 aromatic heterocycles. The highest BCUT2D eigenvalue weighted by Crippen LogP contribution is 2.20. The monoisotopic (exact) mass is 279 g/mol. The molecule has 1 N–H and O–H groups in total. The van der Waals surface area contributed by atoms with Crippen LogP contribution >= 0.6 is 0 Å². The third-order valence-corrected chi connectivity index (χ3v) is 4.06. The third kappa shape index (κ3) is 2.69. The molecule has 2 aromatic carbocycles. The Labute approximate surface area is 125 Å². The van der Waals surface area contributed by atoms with Gasteiger partial charge in [0.05, 0.1) is 11.2 Å². The Balaban J connectivity index is 1.79. The standard InChI is InChI=1S/C18H21N3/c1-13-8-4-5-9-15(13)14(2)19-12-17-16-10-6-7-11-18(16)21(3)20-17/h4-11,14,19H,12H2,1-3H3/t14-/m0/s1. The van der Waals surface area contributed by atoms with E-state index in [-0.39, 0.29) is 0 Å². The number of aryl methyl sites for hydroxylation is 2. The van der Waals surface area contributed by atoms with Gasteiger partial charge in [-0.25, -0.2) is 0 Å². The molecule has 3 heteroatoms. The van der Waals surface area contributed by atoms with Crippen molar-refractivity contribution in [3.05, 3.63) is 65.4 Å². The summed E-state index contributed by atoms with van der Waals surface area (Å²) in [6.45, 7) is 5.13.